The van der Waals surface area contributed by atoms with Crippen molar-refractivity contribution in [1.29, 1.82) is 0 Å². The molecule has 3 amide bonds. The van der Waals surface area contributed by atoms with E-state index >= 15 is 0 Å². The molecular weight excluding hydrogens is 420 g/mol. The molecule has 5 rings (SSSR count). The highest BCUT2D eigenvalue weighted by atomic mass is 16.5. The van der Waals surface area contributed by atoms with Gasteiger partial charge < -0.3 is 24.8 Å². The van der Waals surface area contributed by atoms with Crippen LogP contribution in [0.2, 0.25) is 0 Å². The summed E-state index contributed by atoms with van der Waals surface area (Å²) in [5.41, 5.74) is 1.68. The number of rotatable bonds is 5. The van der Waals surface area contributed by atoms with Crippen LogP contribution in [0.15, 0.2) is 24.3 Å². The first-order valence-corrected chi connectivity index (χ1v) is 12.4. The maximum absolute atomic E-state index is 13.4. The topological polar surface area (TPSA) is 82.2 Å². The molecule has 33 heavy (non-hydrogen) atoms. The fraction of sp³-hybridized carbons (Fsp3) is 0.640. The number of hydrogen-bond acceptors (Lipinski definition) is 5. The monoisotopic (exact) mass is 454 g/mol. The van der Waals surface area contributed by atoms with Crippen molar-refractivity contribution in [2.24, 2.45) is 5.92 Å². The highest BCUT2D eigenvalue weighted by molar-refractivity contribution is 6.00. The zero-order chi connectivity index (χ0) is 22.8. The van der Waals surface area contributed by atoms with Crippen LogP contribution in [0.25, 0.3) is 0 Å². The van der Waals surface area contributed by atoms with E-state index in [-0.39, 0.29) is 35.8 Å². The molecule has 0 radical (unpaired) electrons. The van der Waals surface area contributed by atoms with E-state index in [1.807, 2.05) is 34.1 Å². The number of ether oxygens (including phenoxy) is 1. The minimum Gasteiger partial charge on any atom is -0.371 e. The van der Waals surface area contributed by atoms with Crippen LogP contribution in [0.3, 0.4) is 0 Å². The van der Waals surface area contributed by atoms with Gasteiger partial charge in [-0.15, -0.1) is 0 Å². The minimum atomic E-state index is -0.301. The lowest BCUT2D eigenvalue weighted by atomic mass is 10.0. The molecule has 1 saturated carbocycles. The Morgan fingerprint density at radius 2 is 1.55 bits per heavy atom. The number of piperidine rings is 1. The van der Waals surface area contributed by atoms with Crippen molar-refractivity contribution in [3.05, 3.63) is 29.8 Å². The number of amides is 3. The van der Waals surface area contributed by atoms with Gasteiger partial charge >= 0.3 is 0 Å². The first-order chi connectivity index (χ1) is 16.1. The Hall–Kier alpha value is -2.61. The van der Waals surface area contributed by atoms with Gasteiger partial charge in [0.05, 0.1) is 5.56 Å². The van der Waals surface area contributed by atoms with Gasteiger partial charge in [0.2, 0.25) is 5.91 Å². The minimum absolute atomic E-state index is 0.0268. The second-order valence-corrected chi connectivity index (χ2v) is 9.68. The van der Waals surface area contributed by atoms with E-state index in [2.05, 4.69) is 10.2 Å². The largest absolute Gasteiger partial charge is 0.371 e. The Balaban J connectivity index is 1.17. The highest BCUT2D eigenvalue weighted by Gasteiger charge is 2.34. The van der Waals surface area contributed by atoms with Crippen molar-refractivity contribution in [3.8, 4) is 0 Å². The van der Waals surface area contributed by atoms with Gasteiger partial charge in [0.15, 0.2) is 0 Å². The van der Waals surface area contributed by atoms with Gasteiger partial charge in [-0.05, 0) is 50.7 Å². The zero-order valence-electron chi connectivity index (χ0n) is 19.2. The molecule has 1 N–H and O–H groups in total. The normalized spacial score (nSPS) is 24.1. The lowest BCUT2D eigenvalue weighted by molar-refractivity contribution is -0.142. The molecule has 1 aliphatic carbocycles. The summed E-state index contributed by atoms with van der Waals surface area (Å²) in [6, 6.07) is 8.05. The molecule has 3 aliphatic heterocycles. The van der Waals surface area contributed by atoms with E-state index in [0.717, 1.165) is 62.9 Å². The van der Waals surface area contributed by atoms with E-state index in [4.69, 9.17) is 4.74 Å². The number of anilines is 1. The summed E-state index contributed by atoms with van der Waals surface area (Å²) in [6.07, 6.45) is 5.27. The predicted octanol–water partition coefficient (Wildman–Crippen LogP) is 1.64. The van der Waals surface area contributed by atoms with Crippen molar-refractivity contribution in [2.45, 2.75) is 50.7 Å². The smallest absolute Gasteiger partial charge is 0.256 e. The van der Waals surface area contributed by atoms with Gasteiger partial charge in [0.1, 0.15) is 6.10 Å². The van der Waals surface area contributed by atoms with Crippen molar-refractivity contribution in [2.75, 3.05) is 50.8 Å². The number of carbonyl (C=O) groups excluding carboxylic acids is 3. The van der Waals surface area contributed by atoms with Crippen LogP contribution in [0.1, 0.15) is 48.9 Å². The SMILES string of the molecule is O=C(NC1CCN(c2ccccc2C(=O)N2CCN(C(=O)C3CCCO3)CC2)CC1)C1CC1. The number of benzene rings is 1. The number of nitrogens with zero attached hydrogens (tertiary/aromatic N) is 3. The summed E-state index contributed by atoms with van der Waals surface area (Å²) < 4.78 is 5.54. The van der Waals surface area contributed by atoms with Crippen LogP contribution in [0.4, 0.5) is 5.69 Å². The molecule has 1 atom stereocenters. The summed E-state index contributed by atoms with van der Waals surface area (Å²) in [4.78, 5) is 44.1. The summed E-state index contributed by atoms with van der Waals surface area (Å²) >= 11 is 0. The van der Waals surface area contributed by atoms with Crippen molar-refractivity contribution in [3.63, 3.8) is 0 Å². The molecule has 1 unspecified atom stereocenters. The Labute approximate surface area is 195 Å². The lowest BCUT2D eigenvalue weighted by Gasteiger charge is -2.37. The van der Waals surface area contributed by atoms with E-state index in [0.29, 0.717) is 32.8 Å². The summed E-state index contributed by atoms with van der Waals surface area (Å²) in [5.74, 6) is 0.541. The van der Waals surface area contributed by atoms with Gasteiger partial charge in [0, 0.05) is 63.5 Å². The highest BCUT2D eigenvalue weighted by Crippen LogP contribution is 2.30. The summed E-state index contributed by atoms with van der Waals surface area (Å²) in [7, 11) is 0. The number of nitrogens with one attached hydrogen (secondary N) is 1. The molecule has 1 aromatic rings. The lowest BCUT2D eigenvalue weighted by Crippen LogP contribution is -2.53. The molecule has 0 spiro atoms. The Morgan fingerprint density at radius 1 is 0.848 bits per heavy atom. The average molecular weight is 455 g/mol. The van der Waals surface area contributed by atoms with Crippen LogP contribution in [-0.2, 0) is 14.3 Å². The molecule has 0 aromatic heterocycles. The summed E-state index contributed by atoms with van der Waals surface area (Å²) in [6.45, 7) is 4.50. The fourth-order valence-corrected chi connectivity index (χ4v) is 5.14. The molecule has 8 nitrogen and oxygen atoms in total. The second-order valence-electron chi connectivity index (χ2n) is 9.68. The van der Waals surface area contributed by atoms with Crippen LogP contribution in [-0.4, -0.2) is 85.5 Å². The van der Waals surface area contributed by atoms with Crippen LogP contribution >= 0.6 is 0 Å². The van der Waals surface area contributed by atoms with Crippen molar-refractivity contribution in [1.82, 2.24) is 15.1 Å². The Kier molecular flexibility index (Phi) is 6.53. The van der Waals surface area contributed by atoms with Gasteiger partial charge in [0.25, 0.3) is 11.8 Å². The Morgan fingerprint density at radius 3 is 2.21 bits per heavy atom. The van der Waals surface area contributed by atoms with Crippen molar-refractivity contribution >= 4 is 23.4 Å². The van der Waals surface area contributed by atoms with Gasteiger partial charge in [-0.2, -0.15) is 0 Å². The zero-order valence-corrected chi connectivity index (χ0v) is 19.2. The molecule has 0 bridgehead atoms. The predicted molar refractivity (Wildman–Crippen MR) is 124 cm³/mol. The van der Waals surface area contributed by atoms with Crippen LogP contribution < -0.4 is 10.2 Å². The molecule has 8 heteroatoms. The molecule has 178 valence electrons. The molecule has 3 heterocycles. The van der Waals surface area contributed by atoms with E-state index in [1.165, 1.54) is 0 Å². The number of carbonyl (C=O) groups is 3. The van der Waals surface area contributed by atoms with E-state index in [1.54, 1.807) is 0 Å². The molecule has 3 saturated heterocycles. The second kappa shape index (κ2) is 9.71. The number of hydrogen-bond donors (Lipinski definition) is 1. The average Bonchev–Trinajstić information content (AvgIpc) is 3.58. The third-order valence-electron chi connectivity index (χ3n) is 7.35. The molecular formula is C25H34N4O4. The quantitative estimate of drug-likeness (QED) is 0.732. The maximum atomic E-state index is 13.4. The summed E-state index contributed by atoms with van der Waals surface area (Å²) in [5, 5.41) is 3.19. The van der Waals surface area contributed by atoms with Crippen molar-refractivity contribution < 1.29 is 19.1 Å². The molecule has 4 fully saturated rings. The van der Waals surface area contributed by atoms with Crippen LogP contribution in [0.5, 0.6) is 0 Å². The van der Waals surface area contributed by atoms with E-state index < -0.39 is 0 Å². The fourth-order valence-electron chi connectivity index (χ4n) is 5.14. The molecule has 4 aliphatic rings. The van der Waals surface area contributed by atoms with Gasteiger partial charge in [-0.25, -0.2) is 0 Å². The third-order valence-corrected chi connectivity index (χ3v) is 7.35. The van der Waals surface area contributed by atoms with Gasteiger partial charge in [-0.3, -0.25) is 14.4 Å². The van der Waals surface area contributed by atoms with E-state index in [9.17, 15) is 14.4 Å². The maximum Gasteiger partial charge on any atom is 0.256 e. The third kappa shape index (κ3) is 5.00. The number of piperazine rings is 1. The van der Waals surface area contributed by atoms with Gasteiger partial charge in [-0.1, -0.05) is 12.1 Å². The van der Waals surface area contributed by atoms with Crippen LogP contribution in [0, 0.1) is 5.92 Å². The standard InChI is InChI=1S/C25H34N4O4/c30-23(18-7-8-18)26-19-9-11-27(12-10-19)21-5-2-1-4-20(21)24(31)28-13-15-29(16-14-28)25(32)22-6-3-17-33-22/h1-2,4-5,18-19,22H,3,6-17H2,(H,26,30). The molecule has 1 aromatic carbocycles. The first-order valence-electron chi connectivity index (χ1n) is 12.4. The number of para-hydroxylation sites is 1. The Bertz CT molecular complexity index is 880. The first kappa shape index (κ1) is 22.2.